The summed E-state index contributed by atoms with van der Waals surface area (Å²) >= 11 is 3.30. The van der Waals surface area contributed by atoms with Crippen LogP contribution in [0.4, 0.5) is 5.69 Å². The quantitative estimate of drug-likeness (QED) is 0.418. The average molecular weight is 452 g/mol. The van der Waals surface area contributed by atoms with Gasteiger partial charge in [0.15, 0.2) is 12.4 Å². The molecule has 1 amide bonds. The second-order valence-corrected chi connectivity index (χ2v) is 7.21. The highest BCUT2D eigenvalue weighted by molar-refractivity contribution is 9.10. The molecule has 0 aromatic heterocycles. The normalized spacial score (nSPS) is 10.2. The molecule has 0 saturated carbocycles. The Morgan fingerprint density at radius 2 is 1.41 bits per heavy atom. The lowest BCUT2D eigenvalue weighted by atomic mass is 10.1. The Labute approximate surface area is 176 Å². The van der Waals surface area contributed by atoms with Gasteiger partial charge < -0.3 is 10.1 Å². The van der Waals surface area contributed by atoms with Crippen molar-refractivity contribution in [1.29, 1.82) is 0 Å². The van der Waals surface area contributed by atoms with Crippen molar-refractivity contribution in [3.63, 3.8) is 0 Å². The van der Waals surface area contributed by atoms with Gasteiger partial charge in [-0.15, -0.1) is 0 Å². The van der Waals surface area contributed by atoms with E-state index < -0.39 is 5.97 Å². The van der Waals surface area contributed by atoms with Crippen LogP contribution in [0.2, 0.25) is 0 Å². The molecule has 5 nitrogen and oxygen atoms in total. The van der Waals surface area contributed by atoms with Crippen LogP contribution in [-0.2, 0) is 16.0 Å². The molecular weight excluding hydrogens is 434 g/mol. The Balaban J connectivity index is 1.51. The molecule has 0 atom stereocenters. The van der Waals surface area contributed by atoms with Crippen LogP contribution in [0.1, 0.15) is 26.3 Å². The zero-order valence-electron chi connectivity index (χ0n) is 15.4. The molecule has 1 N–H and O–H groups in total. The van der Waals surface area contributed by atoms with Crippen LogP contribution in [0.5, 0.6) is 0 Å². The average Bonchev–Trinajstić information content (AvgIpc) is 2.73. The molecule has 0 unspecified atom stereocenters. The minimum absolute atomic E-state index is 0.147. The van der Waals surface area contributed by atoms with E-state index in [-0.39, 0.29) is 24.7 Å². The predicted molar refractivity (Wildman–Crippen MR) is 114 cm³/mol. The van der Waals surface area contributed by atoms with Gasteiger partial charge in [0.05, 0.1) is 12.0 Å². The summed E-state index contributed by atoms with van der Waals surface area (Å²) in [6.07, 6.45) is 0.267. The van der Waals surface area contributed by atoms with Crippen LogP contribution in [0.15, 0.2) is 83.3 Å². The van der Waals surface area contributed by atoms with Gasteiger partial charge in [-0.3, -0.25) is 9.59 Å². The van der Waals surface area contributed by atoms with Crippen molar-refractivity contribution in [1.82, 2.24) is 0 Å². The van der Waals surface area contributed by atoms with Gasteiger partial charge in [0.2, 0.25) is 5.91 Å². The van der Waals surface area contributed by atoms with E-state index in [1.807, 2.05) is 30.3 Å². The number of nitrogens with one attached hydrogen (secondary N) is 1. The SMILES string of the molecule is O=C(Cc1ccccc1)Nc1ccc(C(=O)OCC(=O)c2ccc(Br)cc2)cc1. The van der Waals surface area contributed by atoms with E-state index >= 15 is 0 Å². The molecule has 0 bridgehead atoms. The van der Waals surface area contributed by atoms with E-state index in [0.29, 0.717) is 16.8 Å². The fourth-order valence-electron chi connectivity index (χ4n) is 2.61. The van der Waals surface area contributed by atoms with Crippen LogP contribution >= 0.6 is 15.9 Å². The minimum atomic E-state index is -0.599. The molecule has 146 valence electrons. The molecule has 3 aromatic rings. The number of halogens is 1. The van der Waals surface area contributed by atoms with Crippen LogP contribution in [0.25, 0.3) is 0 Å². The van der Waals surface area contributed by atoms with Gasteiger partial charge in [-0.1, -0.05) is 58.4 Å². The molecule has 0 aliphatic rings. The number of amides is 1. The minimum Gasteiger partial charge on any atom is -0.454 e. The topological polar surface area (TPSA) is 72.5 Å². The molecule has 0 saturated heterocycles. The molecule has 0 fully saturated rings. The van der Waals surface area contributed by atoms with Crippen molar-refractivity contribution in [3.05, 3.63) is 100 Å². The van der Waals surface area contributed by atoms with E-state index in [0.717, 1.165) is 10.0 Å². The summed E-state index contributed by atoms with van der Waals surface area (Å²) in [6, 6.07) is 22.6. The fourth-order valence-corrected chi connectivity index (χ4v) is 2.87. The fraction of sp³-hybridized carbons (Fsp3) is 0.0870. The lowest BCUT2D eigenvalue weighted by molar-refractivity contribution is -0.115. The predicted octanol–water partition coefficient (Wildman–Crippen LogP) is 4.67. The number of esters is 1. The first-order valence-corrected chi connectivity index (χ1v) is 9.70. The second-order valence-electron chi connectivity index (χ2n) is 6.29. The maximum absolute atomic E-state index is 12.1. The van der Waals surface area contributed by atoms with E-state index in [1.54, 1.807) is 48.5 Å². The van der Waals surface area contributed by atoms with Gasteiger partial charge in [-0.2, -0.15) is 0 Å². The number of benzene rings is 3. The summed E-state index contributed by atoms with van der Waals surface area (Å²) in [5.41, 5.74) is 2.26. The summed E-state index contributed by atoms with van der Waals surface area (Å²) in [5.74, 6) is -1.03. The first-order valence-electron chi connectivity index (χ1n) is 8.91. The van der Waals surface area contributed by atoms with Gasteiger partial charge in [-0.05, 0) is 42.0 Å². The van der Waals surface area contributed by atoms with E-state index in [2.05, 4.69) is 21.2 Å². The Hall–Kier alpha value is -3.25. The summed E-state index contributed by atoms with van der Waals surface area (Å²) in [6.45, 7) is -0.337. The largest absolute Gasteiger partial charge is 0.454 e. The van der Waals surface area contributed by atoms with Crippen molar-refractivity contribution in [2.45, 2.75) is 6.42 Å². The van der Waals surface area contributed by atoms with Crippen LogP contribution < -0.4 is 5.32 Å². The summed E-state index contributed by atoms with van der Waals surface area (Å²) in [4.78, 5) is 36.3. The lowest BCUT2D eigenvalue weighted by Gasteiger charge is -2.07. The molecule has 0 aliphatic carbocycles. The van der Waals surface area contributed by atoms with Crippen LogP contribution in [0.3, 0.4) is 0 Å². The van der Waals surface area contributed by atoms with E-state index in [9.17, 15) is 14.4 Å². The van der Waals surface area contributed by atoms with E-state index in [1.165, 1.54) is 0 Å². The standard InChI is InChI=1S/C23H18BrNO4/c24-19-10-6-17(7-11-19)21(26)15-29-23(28)18-8-12-20(13-9-18)25-22(27)14-16-4-2-1-3-5-16/h1-13H,14-15H2,(H,25,27). The smallest absolute Gasteiger partial charge is 0.338 e. The highest BCUT2D eigenvalue weighted by Gasteiger charge is 2.12. The molecule has 3 rings (SSSR count). The van der Waals surface area contributed by atoms with Gasteiger partial charge in [0.1, 0.15) is 0 Å². The Morgan fingerprint density at radius 3 is 2.07 bits per heavy atom. The number of anilines is 1. The van der Waals surface area contributed by atoms with Gasteiger partial charge in [0.25, 0.3) is 0 Å². The number of carbonyl (C=O) groups is 3. The number of hydrogen-bond acceptors (Lipinski definition) is 4. The molecule has 0 heterocycles. The maximum atomic E-state index is 12.1. The number of ketones is 1. The molecular formula is C23H18BrNO4. The molecule has 0 radical (unpaired) electrons. The summed E-state index contributed by atoms with van der Waals surface area (Å²) in [5, 5.41) is 2.78. The van der Waals surface area contributed by atoms with Crippen molar-refractivity contribution in [2.75, 3.05) is 11.9 Å². The summed E-state index contributed by atoms with van der Waals surface area (Å²) in [7, 11) is 0. The first-order chi connectivity index (χ1) is 14.0. The number of ether oxygens (including phenoxy) is 1. The van der Waals surface area contributed by atoms with Crippen LogP contribution in [0, 0.1) is 0 Å². The Bertz CT molecular complexity index is 999. The zero-order chi connectivity index (χ0) is 20.6. The molecule has 0 aliphatic heterocycles. The number of Topliss-reactive ketones (excluding diaryl/α,β-unsaturated/α-hetero) is 1. The molecule has 0 spiro atoms. The summed E-state index contributed by atoms with van der Waals surface area (Å²) < 4.78 is 5.95. The Morgan fingerprint density at radius 1 is 0.793 bits per heavy atom. The first kappa shape index (κ1) is 20.5. The van der Waals surface area contributed by atoms with Crippen molar-refractivity contribution in [3.8, 4) is 0 Å². The third kappa shape index (κ3) is 6.12. The number of hydrogen-bond donors (Lipinski definition) is 1. The molecule has 29 heavy (non-hydrogen) atoms. The Kier molecular flexibility index (Phi) is 6.92. The lowest BCUT2D eigenvalue weighted by Crippen LogP contribution is -2.15. The van der Waals surface area contributed by atoms with Gasteiger partial charge in [-0.25, -0.2) is 4.79 Å². The van der Waals surface area contributed by atoms with Crippen molar-refractivity contribution < 1.29 is 19.1 Å². The number of rotatable bonds is 7. The third-order valence-electron chi connectivity index (χ3n) is 4.11. The van der Waals surface area contributed by atoms with Gasteiger partial charge >= 0.3 is 5.97 Å². The number of carbonyl (C=O) groups excluding carboxylic acids is 3. The second kappa shape index (κ2) is 9.80. The van der Waals surface area contributed by atoms with Gasteiger partial charge in [0, 0.05) is 15.7 Å². The van der Waals surface area contributed by atoms with Crippen molar-refractivity contribution in [2.24, 2.45) is 0 Å². The maximum Gasteiger partial charge on any atom is 0.338 e. The molecule has 6 heteroatoms. The van der Waals surface area contributed by atoms with Crippen LogP contribution in [-0.4, -0.2) is 24.3 Å². The monoisotopic (exact) mass is 451 g/mol. The zero-order valence-corrected chi connectivity index (χ0v) is 17.0. The highest BCUT2D eigenvalue weighted by atomic mass is 79.9. The third-order valence-corrected chi connectivity index (χ3v) is 4.64. The highest BCUT2D eigenvalue weighted by Crippen LogP contribution is 2.13. The van der Waals surface area contributed by atoms with Crippen molar-refractivity contribution >= 4 is 39.3 Å². The van der Waals surface area contributed by atoms with E-state index in [4.69, 9.17) is 4.74 Å². The molecule has 3 aromatic carbocycles.